The molecule has 0 bridgehead atoms. The molecule has 0 saturated carbocycles. The van der Waals surface area contributed by atoms with E-state index in [0.717, 1.165) is 29.6 Å². The van der Waals surface area contributed by atoms with Gasteiger partial charge in [0, 0.05) is 5.75 Å². The highest BCUT2D eigenvalue weighted by molar-refractivity contribution is 7.99. The Morgan fingerprint density at radius 2 is 2.16 bits per heavy atom. The van der Waals surface area contributed by atoms with Gasteiger partial charge >= 0.3 is 0 Å². The number of anilines is 1. The lowest BCUT2D eigenvalue weighted by Crippen LogP contribution is -1.99. The van der Waals surface area contributed by atoms with Gasteiger partial charge in [-0.05, 0) is 43.2 Å². The van der Waals surface area contributed by atoms with Crippen molar-refractivity contribution in [1.29, 1.82) is 0 Å². The number of benzene rings is 1. The molecular formula is C15H18N2OS. The summed E-state index contributed by atoms with van der Waals surface area (Å²) in [5, 5.41) is 1.00. The fraction of sp³-hybridized carbons (Fsp3) is 0.267. The average Bonchev–Trinajstić information content (AvgIpc) is 2.41. The third-order valence-electron chi connectivity index (χ3n) is 2.56. The van der Waals surface area contributed by atoms with E-state index in [9.17, 15) is 0 Å². The number of hydrogen-bond donors (Lipinski definition) is 1. The Morgan fingerprint density at radius 1 is 1.26 bits per heavy atom. The second kappa shape index (κ2) is 7.04. The maximum absolute atomic E-state index is 5.69. The molecule has 3 nitrogen and oxygen atoms in total. The fourth-order valence-electron chi connectivity index (χ4n) is 1.61. The summed E-state index contributed by atoms with van der Waals surface area (Å²) >= 11 is 1.72. The van der Waals surface area contributed by atoms with Crippen molar-refractivity contribution in [2.24, 2.45) is 0 Å². The molecule has 0 aliphatic heterocycles. The highest BCUT2D eigenvalue weighted by Gasteiger charge is 1.97. The molecule has 1 aromatic heterocycles. The third kappa shape index (κ3) is 4.83. The van der Waals surface area contributed by atoms with Crippen LogP contribution in [0.5, 0.6) is 5.75 Å². The molecule has 0 radical (unpaired) electrons. The molecule has 1 heterocycles. The van der Waals surface area contributed by atoms with Crippen LogP contribution >= 0.6 is 11.8 Å². The molecule has 100 valence electrons. The van der Waals surface area contributed by atoms with Gasteiger partial charge in [0.1, 0.15) is 5.75 Å². The number of thioether (sulfide) groups is 1. The van der Waals surface area contributed by atoms with E-state index in [1.165, 1.54) is 5.56 Å². The quantitative estimate of drug-likeness (QED) is 0.646. The Kier molecular flexibility index (Phi) is 5.10. The topological polar surface area (TPSA) is 48.1 Å². The van der Waals surface area contributed by atoms with Crippen molar-refractivity contribution in [3.63, 3.8) is 0 Å². The molecule has 0 fully saturated rings. The number of hydrogen-bond acceptors (Lipinski definition) is 4. The Labute approximate surface area is 118 Å². The monoisotopic (exact) mass is 274 g/mol. The van der Waals surface area contributed by atoms with Crippen LogP contribution in [0, 0.1) is 6.92 Å². The van der Waals surface area contributed by atoms with E-state index in [-0.39, 0.29) is 0 Å². The lowest BCUT2D eigenvalue weighted by molar-refractivity contribution is 0.318. The standard InChI is InChI=1S/C15H18N2OS/c1-12-4-2-5-14(10-12)18-8-3-9-19-15-7-6-13(16)11-17-15/h2,4-7,10-11H,3,8-9,16H2,1H3. The number of rotatable bonds is 6. The largest absolute Gasteiger partial charge is 0.494 e. The molecule has 1 aromatic carbocycles. The first-order chi connectivity index (χ1) is 9.24. The molecule has 19 heavy (non-hydrogen) atoms. The van der Waals surface area contributed by atoms with Gasteiger partial charge in [-0.1, -0.05) is 12.1 Å². The van der Waals surface area contributed by atoms with Crippen molar-refractivity contribution >= 4 is 17.4 Å². The van der Waals surface area contributed by atoms with Gasteiger partial charge in [-0.3, -0.25) is 0 Å². The molecule has 0 unspecified atom stereocenters. The lowest BCUT2D eigenvalue weighted by atomic mass is 10.2. The molecular weight excluding hydrogens is 256 g/mol. The van der Waals surface area contributed by atoms with Gasteiger partial charge in [0.2, 0.25) is 0 Å². The zero-order valence-electron chi connectivity index (χ0n) is 11.0. The number of aryl methyl sites for hydroxylation is 1. The molecule has 2 aromatic rings. The van der Waals surface area contributed by atoms with Crippen molar-refractivity contribution in [2.45, 2.75) is 18.4 Å². The second-order valence-corrected chi connectivity index (χ2v) is 5.41. The van der Waals surface area contributed by atoms with E-state index in [1.54, 1.807) is 18.0 Å². The number of ether oxygens (including phenoxy) is 1. The summed E-state index contributed by atoms with van der Waals surface area (Å²) in [6.45, 7) is 2.79. The highest BCUT2D eigenvalue weighted by Crippen LogP contribution is 2.17. The van der Waals surface area contributed by atoms with Gasteiger partial charge in [0.15, 0.2) is 0 Å². The normalized spacial score (nSPS) is 10.4. The van der Waals surface area contributed by atoms with Gasteiger partial charge in [0.25, 0.3) is 0 Å². The number of aromatic nitrogens is 1. The van der Waals surface area contributed by atoms with Crippen LogP contribution in [0.2, 0.25) is 0 Å². The Morgan fingerprint density at radius 3 is 2.89 bits per heavy atom. The van der Waals surface area contributed by atoms with Gasteiger partial charge in [-0.25, -0.2) is 4.98 Å². The predicted octanol–water partition coefficient (Wildman–Crippen LogP) is 3.53. The zero-order chi connectivity index (χ0) is 13.5. The maximum Gasteiger partial charge on any atom is 0.119 e. The first kappa shape index (κ1) is 13.7. The molecule has 0 atom stereocenters. The maximum atomic E-state index is 5.69. The van der Waals surface area contributed by atoms with Gasteiger partial charge in [0.05, 0.1) is 23.5 Å². The third-order valence-corrected chi connectivity index (χ3v) is 3.59. The average molecular weight is 274 g/mol. The van der Waals surface area contributed by atoms with E-state index in [2.05, 4.69) is 24.0 Å². The Hall–Kier alpha value is -1.68. The van der Waals surface area contributed by atoms with Crippen molar-refractivity contribution in [3.05, 3.63) is 48.2 Å². The number of nitrogens with two attached hydrogens (primary N) is 1. The minimum absolute atomic E-state index is 0.701. The van der Waals surface area contributed by atoms with E-state index < -0.39 is 0 Å². The van der Waals surface area contributed by atoms with E-state index in [4.69, 9.17) is 10.5 Å². The van der Waals surface area contributed by atoms with Crippen molar-refractivity contribution < 1.29 is 4.74 Å². The summed E-state index contributed by atoms with van der Waals surface area (Å²) in [4.78, 5) is 4.24. The van der Waals surface area contributed by atoms with Gasteiger partial charge in [-0.2, -0.15) is 0 Å². The molecule has 0 amide bonds. The summed E-state index contributed by atoms with van der Waals surface area (Å²) in [5.41, 5.74) is 7.51. The first-order valence-corrected chi connectivity index (χ1v) is 7.26. The minimum Gasteiger partial charge on any atom is -0.494 e. The van der Waals surface area contributed by atoms with Crippen LogP contribution in [0.25, 0.3) is 0 Å². The highest BCUT2D eigenvalue weighted by atomic mass is 32.2. The second-order valence-electron chi connectivity index (χ2n) is 4.30. The molecule has 0 saturated heterocycles. The number of pyridine rings is 1. The van der Waals surface area contributed by atoms with Crippen LogP contribution in [0.4, 0.5) is 5.69 Å². The lowest BCUT2D eigenvalue weighted by Gasteiger charge is -2.06. The molecule has 0 spiro atoms. The summed E-state index contributed by atoms with van der Waals surface area (Å²) in [6, 6.07) is 11.9. The van der Waals surface area contributed by atoms with Crippen molar-refractivity contribution in [1.82, 2.24) is 4.98 Å². The molecule has 0 aliphatic rings. The van der Waals surface area contributed by atoms with Crippen LogP contribution in [0.1, 0.15) is 12.0 Å². The van der Waals surface area contributed by atoms with E-state index >= 15 is 0 Å². The SMILES string of the molecule is Cc1cccc(OCCCSc2ccc(N)cn2)c1. The zero-order valence-corrected chi connectivity index (χ0v) is 11.8. The van der Waals surface area contributed by atoms with Crippen LogP contribution < -0.4 is 10.5 Å². The number of nitrogens with zero attached hydrogens (tertiary/aromatic N) is 1. The van der Waals surface area contributed by atoms with Crippen molar-refractivity contribution in [3.8, 4) is 5.75 Å². The summed E-state index contributed by atoms with van der Waals surface area (Å²) in [5.74, 6) is 1.93. The summed E-state index contributed by atoms with van der Waals surface area (Å²) in [7, 11) is 0. The first-order valence-electron chi connectivity index (χ1n) is 6.28. The van der Waals surface area contributed by atoms with Crippen molar-refractivity contribution in [2.75, 3.05) is 18.1 Å². The van der Waals surface area contributed by atoms with Gasteiger partial charge < -0.3 is 10.5 Å². The summed E-state index contributed by atoms with van der Waals surface area (Å²) < 4.78 is 5.69. The predicted molar refractivity (Wildman–Crippen MR) is 80.7 cm³/mol. The molecule has 0 aliphatic carbocycles. The Balaban J connectivity index is 1.66. The summed E-state index contributed by atoms with van der Waals surface area (Å²) in [6.07, 6.45) is 2.68. The Bertz CT molecular complexity index is 514. The number of nitrogen functional groups attached to an aromatic ring is 1. The van der Waals surface area contributed by atoms with Crippen LogP contribution in [0.3, 0.4) is 0 Å². The molecule has 2 N–H and O–H groups in total. The van der Waals surface area contributed by atoms with Gasteiger partial charge in [-0.15, -0.1) is 11.8 Å². The smallest absolute Gasteiger partial charge is 0.119 e. The van der Waals surface area contributed by atoms with Crippen LogP contribution in [-0.4, -0.2) is 17.3 Å². The van der Waals surface area contributed by atoms with Crippen LogP contribution in [0.15, 0.2) is 47.6 Å². The van der Waals surface area contributed by atoms with Crippen LogP contribution in [-0.2, 0) is 0 Å². The minimum atomic E-state index is 0.701. The van der Waals surface area contributed by atoms with E-state index in [0.29, 0.717) is 5.69 Å². The molecule has 2 rings (SSSR count). The fourth-order valence-corrected chi connectivity index (χ4v) is 2.37. The molecule has 4 heteroatoms. The van der Waals surface area contributed by atoms with E-state index in [1.807, 2.05) is 24.3 Å².